The number of H-pyrrole nitrogens is 2. The van der Waals surface area contributed by atoms with Gasteiger partial charge in [0.15, 0.2) is 0 Å². The number of fused-ring (bicyclic) bond motifs is 1. The van der Waals surface area contributed by atoms with Gasteiger partial charge in [0.2, 0.25) is 5.91 Å². The molecule has 0 spiro atoms. The van der Waals surface area contributed by atoms with Crippen LogP contribution in [-0.4, -0.2) is 25.8 Å². The van der Waals surface area contributed by atoms with Crippen LogP contribution in [0.3, 0.4) is 0 Å². The summed E-state index contributed by atoms with van der Waals surface area (Å²) in [7, 11) is 0. The minimum absolute atomic E-state index is 0.0213. The van der Waals surface area contributed by atoms with Gasteiger partial charge in [-0.05, 0) is 41.8 Å². The quantitative estimate of drug-likeness (QED) is 0.362. The molecule has 0 atom stereocenters. The standard InChI is InChI=1S/C25H21N5O/c31-24(13-12-21-15-26-16-27-21)28-20-5-3-4-19(14-20)17-8-10-18(11-9-17)25-29-22-6-1-2-7-23(22)30-25/h1-11,14-16H,12-13H2,(H,26,27)(H,28,31)(H,29,30). The second-order valence-electron chi connectivity index (χ2n) is 7.39. The van der Waals surface area contributed by atoms with Gasteiger partial charge < -0.3 is 15.3 Å². The average molecular weight is 407 g/mol. The lowest BCUT2D eigenvalue weighted by atomic mass is 10.0. The molecule has 0 unspecified atom stereocenters. The highest BCUT2D eigenvalue weighted by molar-refractivity contribution is 5.91. The molecular formula is C25H21N5O. The van der Waals surface area contributed by atoms with Crippen LogP contribution in [0, 0.1) is 0 Å². The van der Waals surface area contributed by atoms with Gasteiger partial charge in [-0.15, -0.1) is 0 Å². The number of para-hydroxylation sites is 2. The number of amides is 1. The number of imidazole rings is 2. The molecule has 0 saturated heterocycles. The Balaban J connectivity index is 1.29. The molecule has 0 aliphatic carbocycles. The first-order chi connectivity index (χ1) is 15.2. The summed E-state index contributed by atoms with van der Waals surface area (Å²) < 4.78 is 0. The summed E-state index contributed by atoms with van der Waals surface area (Å²) in [6, 6.07) is 24.1. The molecular weight excluding hydrogens is 386 g/mol. The van der Waals surface area contributed by atoms with E-state index in [4.69, 9.17) is 0 Å². The number of hydrogen-bond acceptors (Lipinski definition) is 3. The predicted molar refractivity (Wildman–Crippen MR) is 123 cm³/mol. The maximum Gasteiger partial charge on any atom is 0.224 e. The smallest absolute Gasteiger partial charge is 0.224 e. The summed E-state index contributed by atoms with van der Waals surface area (Å²) >= 11 is 0. The number of aromatic amines is 2. The summed E-state index contributed by atoms with van der Waals surface area (Å²) in [4.78, 5) is 27.3. The molecule has 31 heavy (non-hydrogen) atoms. The molecule has 0 aliphatic rings. The number of aryl methyl sites for hydroxylation is 1. The summed E-state index contributed by atoms with van der Waals surface area (Å²) in [6.07, 6.45) is 4.40. The van der Waals surface area contributed by atoms with Gasteiger partial charge in [-0.1, -0.05) is 48.5 Å². The summed E-state index contributed by atoms with van der Waals surface area (Å²) in [5, 5.41) is 2.98. The van der Waals surface area contributed by atoms with Crippen molar-refractivity contribution in [2.45, 2.75) is 12.8 Å². The van der Waals surface area contributed by atoms with Crippen LogP contribution in [0.2, 0.25) is 0 Å². The van der Waals surface area contributed by atoms with Crippen LogP contribution in [0.5, 0.6) is 0 Å². The van der Waals surface area contributed by atoms with Crippen molar-refractivity contribution in [3.63, 3.8) is 0 Å². The number of carbonyl (C=O) groups excluding carboxylic acids is 1. The third-order valence-corrected chi connectivity index (χ3v) is 5.20. The van der Waals surface area contributed by atoms with Gasteiger partial charge in [0.05, 0.1) is 17.4 Å². The third-order valence-electron chi connectivity index (χ3n) is 5.20. The van der Waals surface area contributed by atoms with E-state index in [1.807, 2.05) is 48.5 Å². The molecule has 0 radical (unpaired) electrons. The molecule has 0 aliphatic heterocycles. The van der Waals surface area contributed by atoms with Crippen molar-refractivity contribution in [1.82, 2.24) is 19.9 Å². The molecule has 6 nitrogen and oxygen atoms in total. The van der Waals surface area contributed by atoms with Crippen molar-refractivity contribution in [3.05, 3.63) is 91.0 Å². The number of nitrogens with zero attached hydrogens (tertiary/aromatic N) is 2. The Morgan fingerprint density at radius 2 is 1.74 bits per heavy atom. The van der Waals surface area contributed by atoms with Crippen LogP contribution in [0.25, 0.3) is 33.5 Å². The number of carbonyl (C=O) groups is 1. The lowest BCUT2D eigenvalue weighted by molar-refractivity contribution is -0.116. The van der Waals surface area contributed by atoms with E-state index in [0.717, 1.165) is 44.9 Å². The lowest BCUT2D eigenvalue weighted by Gasteiger charge is -2.08. The number of anilines is 1. The summed E-state index contributed by atoms with van der Waals surface area (Å²) in [5.41, 5.74) is 6.87. The first-order valence-corrected chi connectivity index (χ1v) is 10.2. The Hall–Kier alpha value is -4.19. The first kappa shape index (κ1) is 18.8. The zero-order valence-electron chi connectivity index (χ0n) is 16.8. The topological polar surface area (TPSA) is 86.5 Å². The molecule has 3 aromatic carbocycles. The van der Waals surface area contributed by atoms with Gasteiger partial charge in [0, 0.05) is 29.6 Å². The van der Waals surface area contributed by atoms with Gasteiger partial charge in [-0.25, -0.2) is 9.97 Å². The largest absolute Gasteiger partial charge is 0.348 e. The van der Waals surface area contributed by atoms with Crippen molar-refractivity contribution in [3.8, 4) is 22.5 Å². The van der Waals surface area contributed by atoms with Crippen molar-refractivity contribution in [2.75, 3.05) is 5.32 Å². The Morgan fingerprint density at radius 3 is 2.55 bits per heavy atom. The fourth-order valence-corrected chi connectivity index (χ4v) is 3.58. The van der Waals surface area contributed by atoms with Gasteiger partial charge in [-0.3, -0.25) is 4.79 Å². The fraction of sp³-hybridized carbons (Fsp3) is 0.0800. The van der Waals surface area contributed by atoms with Gasteiger partial charge in [0.25, 0.3) is 0 Å². The highest BCUT2D eigenvalue weighted by Gasteiger charge is 2.07. The molecule has 152 valence electrons. The van der Waals surface area contributed by atoms with Crippen molar-refractivity contribution in [2.24, 2.45) is 0 Å². The van der Waals surface area contributed by atoms with E-state index in [-0.39, 0.29) is 5.91 Å². The highest BCUT2D eigenvalue weighted by atomic mass is 16.1. The van der Waals surface area contributed by atoms with Crippen molar-refractivity contribution in [1.29, 1.82) is 0 Å². The van der Waals surface area contributed by atoms with Crippen LogP contribution in [0.15, 0.2) is 85.3 Å². The minimum Gasteiger partial charge on any atom is -0.348 e. The SMILES string of the molecule is O=C(CCc1cnc[nH]1)Nc1cccc(-c2ccc(-c3nc4ccccc4[nH]3)cc2)c1. The second-order valence-corrected chi connectivity index (χ2v) is 7.39. The molecule has 5 rings (SSSR count). The number of hydrogen-bond donors (Lipinski definition) is 3. The van der Waals surface area contributed by atoms with Gasteiger partial charge in [-0.2, -0.15) is 0 Å². The summed E-state index contributed by atoms with van der Waals surface area (Å²) in [5.74, 6) is 0.831. The van der Waals surface area contributed by atoms with E-state index in [1.54, 1.807) is 12.5 Å². The zero-order valence-corrected chi connectivity index (χ0v) is 16.8. The number of nitrogens with one attached hydrogen (secondary N) is 3. The maximum atomic E-state index is 12.3. The molecule has 3 N–H and O–H groups in total. The molecule has 1 amide bonds. The number of benzene rings is 3. The Labute approximate surface area is 179 Å². The van der Waals surface area contributed by atoms with Gasteiger partial charge >= 0.3 is 0 Å². The molecule has 0 bridgehead atoms. The zero-order chi connectivity index (χ0) is 21.0. The van der Waals surface area contributed by atoms with E-state index in [9.17, 15) is 4.79 Å². The van der Waals surface area contributed by atoms with E-state index in [0.29, 0.717) is 12.8 Å². The monoisotopic (exact) mass is 407 g/mol. The lowest BCUT2D eigenvalue weighted by Crippen LogP contribution is -2.12. The fourth-order valence-electron chi connectivity index (χ4n) is 3.58. The molecule has 6 heteroatoms. The second kappa shape index (κ2) is 8.28. The number of rotatable bonds is 6. The van der Waals surface area contributed by atoms with Crippen LogP contribution >= 0.6 is 0 Å². The van der Waals surface area contributed by atoms with Gasteiger partial charge in [0.1, 0.15) is 5.82 Å². The van der Waals surface area contributed by atoms with Crippen LogP contribution < -0.4 is 5.32 Å². The molecule has 5 aromatic rings. The van der Waals surface area contributed by atoms with Crippen LogP contribution in [0.4, 0.5) is 5.69 Å². The molecule has 0 saturated carbocycles. The van der Waals surface area contributed by atoms with Crippen molar-refractivity contribution < 1.29 is 4.79 Å². The van der Waals surface area contributed by atoms with E-state index >= 15 is 0 Å². The average Bonchev–Trinajstić information content (AvgIpc) is 3.48. The highest BCUT2D eigenvalue weighted by Crippen LogP contribution is 2.26. The maximum absolute atomic E-state index is 12.3. The van der Waals surface area contributed by atoms with E-state index in [2.05, 4.69) is 49.5 Å². The Kier molecular flexibility index (Phi) is 5.02. The Bertz CT molecular complexity index is 1290. The predicted octanol–water partition coefficient (Wildman–Crippen LogP) is 5.19. The Morgan fingerprint density at radius 1 is 0.903 bits per heavy atom. The normalized spacial score (nSPS) is 11.0. The van der Waals surface area contributed by atoms with Crippen molar-refractivity contribution >= 4 is 22.6 Å². The molecule has 2 heterocycles. The van der Waals surface area contributed by atoms with Crippen LogP contribution in [-0.2, 0) is 11.2 Å². The molecule has 2 aromatic heterocycles. The third kappa shape index (κ3) is 4.23. The number of aromatic nitrogens is 4. The minimum atomic E-state index is -0.0213. The van der Waals surface area contributed by atoms with E-state index in [1.165, 1.54) is 0 Å². The first-order valence-electron chi connectivity index (χ1n) is 10.2. The van der Waals surface area contributed by atoms with E-state index < -0.39 is 0 Å². The molecule has 0 fully saturated rings. The summed E-state index contributed by atoms with van der Waals surface area (Å²) in [6.45, 7) is 0. The van der Waals surface area contributed by atoms with Crippen LogP contribution in [0.1, 0.15) is 12.1 Å².